The Bertz CT molecular complexity index is 2640. The summed E-state index contributed by atoms with van der Waals surface area (Å²) in [6.45, 7) is 2.03. The molecule has 2 heterocycles. The first-order valence-corrected chi connectivity index (χ1v) is 17.3. The summed E-state index contributed by atoms with van der Waals surface area (Å²) in [6, 6.07) is 62.3. The predicted octanol–water partition coefficient (Wildman–Crippen LogP) is 12.5. The Labute approximate surface area is 297 Å². The molecule has 51 heavy (non-hydrogen) atoms. The van der Waals surface area contributed by atoms with E-state index >= 15 is 0 Å². The maximum Gasteiger partial charge on any atom is 0.160 e. The molecule has 0 atom stereocenters. The molecule has 0 bridgehead atoms. The average Bonchev–Trinajstić information content (AvgIpc) is 3.21. The first-order chi connectivity index (χ1) is 25.2. The zero-order valence-corrected chi connectivity index (χ0v) is 28.2. The third kappa shape index (κ3) is 5.96. The van der Waals surface area contributed by atoms with Gasteiger partial charge in [0.25, 0.3) is 0 Å². The summed E-state index contributed by atoms with van der Waals surface area (Å²) >= 11 is 0. The number of hydrogen-bond acceptors (Lipinski definition) is 3. The largest absolute Gasteiger partial charge is 0.262 e. The molecule has 0 unspecified atom stereocenters. The Kier molecular flexibility index (Phi) is 7.71. The molecule has 0 radical (unpaired) electrons. The molecule has 2 aromatic heterocycles. The summed E-state index contributed by atoms with van der Waals surface area (Å²) in [7, 11) is 0. The van der Waals surface area contributed by atoms with Crippen molar-refractivity contribution >= 4 is 21.5 Å². The van der Waals surface area contributed by atoms with Gasteiger partial charge in [0.2, 0.25) is 0 Å². The first kappa shape index (κ1) is 30.4. The van der Waals surface area contributed by atoms with Crippen LogP contribution >= 0.6 is 0 Å². The molecule has 7 aromatic carbocycles. The van der Waals surface area contributed by atoms with Gasteiger partial charge in [0.15, 0.2) is 5.82 Å². The molecule has 0 saturated carbocycles. The Morgan fingerprint density at radius 2 is 0.882 bits per heavy atom. The molecule has 3 nitrogen and oxygen atoms in total. The Balaban J connectivity index is 1.31. The van der Waals surface area contributed by atoms with Crippen molar-refractivity contribution in [2.45, 2.75) is 6.92 Å². The third-order valence-electron chi connectivity index (χ3n) is 9.56. The SMILES string of the molecule is Cc1cc(-c2cccc(-c3cc(-c4nc(-c5ccccc5)cc(-c5ccccc5)n4)cc(-c4cc5ccccc5c5ccccc45)c3)c2)ccn1. The van der Waals surface area contributed by atoms with Gasteiger partial charge in [-0.15, -0.1) is 0 Å². The Morgan fingerprint density at radius 3 is 1.59 bits per heavy atom. The summed E-state index contributed by atoms with van der Waals surface area (Å²) < 4.78 is 0. The second kappa shape index (κ2) is 13.0. The van der Waals surface area contributed by atoms with E-state index in [0.717, 1.165) is 61.6 Å². The molecule has 0 fully saturated rings. The van der Waals surface area contributed by atoms with Crippen LogP contribution in [0.5, 0.6) is 0 Å². The minimum atomic E-state index is 0.685. The van der Waals surface area contributed by atoms with E-state index in [-0.39, 0.29) is 0 Å². The van der Waals surface area contributed by atoms with Crippen molar-refractivity contribution in [3.63, 3.8) is 0 Å². The van der Waals surface area contributed by atoms with Crippen molar-refractivity contribution < 1.29 is 0 Å². The second-order valence-corrected chi connectivity index (χ2v) is 13.0. The van der Waals surface area contributed by atoms with Gasteiger partial charge in [-0.1, -0.05) is 127 Å². The van der Waals surface area contributed by atoms with Gasteiger partial charge in [0.05, 0.1) is 11.4 Å². The number of fused-ring (bicyclic) bond motifs is 3. The number of rotatable bonds is 6. The molecule has 0 aliphatic heterocycles. The van der Waals surface area contributed by atoms with Gasteiger partial charge < -0.3 is 0 Å². The van der Waals surface area contributed by atoms with Crippen molar-refractivity contribution in [3.8, 4) is 67.3 Å². The lowest BCUT2D eigenvalue weighted by molar-refractivity contribution is 1.18. The lowest BCUT2D eigenvalue weighted by atomic mass is 9.90. The zero-order valence-electron chi connectivity index (χ0n) is 28.2. The van der Waals surface area contributed by atoms with Crippen LogP contribution < -0.4 is 0 Å². The maximum absolute atomic E-state index is 5.24. The first-order valence-electron chi connectivity index (χ1n) is 17.3. The number of aromatic nitrogens is 3. The van der Waals surface area contributed by atoms with Crippen LogP contribution in [0.4, 0.5) is 0 Å². The van der Waals surface area contributed by atoms with Crippen molar-refractivity contribution in [2.75, 3.05) is 0 Å². The highest BCUT2D eigenvalue weighted by Crippen LogP contribution is 2.39. The zero-order chi connectivity index (χ0) is 34.1. The van der Waals surface area contributed by atoms with Gasteiger partial charge in [0, 0.05) is 28.6 Å². The van der Waals surface area contributed by atoms with Crippen LogP contribution in [0.15, 0.2) is 182 Å². The summed E-state index contributed by atoms with van der Waals surface area (Å²) in [5.74, 6) is 0.685. The van der Waals surface area contributed by atoms with E-state index in [0.29, 0.717) is 5.82 Å². The quantitative estimate of drug-likeness (QED) is 0.168. The summed E-state index contributed by atoms with van der Waals surface area (Å²) in [5.41, 5.74) is 12.6. The molecule has 240 valence electrons. The fraction of sp³-hybridized carbons (Fsp3) is 0.0208. The molecule has 9 rings (SSSR count). The van der Waals surface area contributed by atoms with Crippen LogP contribution in [0.1, 0.15) is 5.69 Å². The highest BCUT2D eigenvalue weighted by atomic mass is 14.9. The maximum atomic E-state index is 5.24. The normalized spacial score (nSPS) is 11.2. The van der Waals surface area contributed by atoms with Crippen LogP contribution in [0.2, 0.25) is 0 Å². The van der Waals surface area contributed by atoms with E-state index in [4.69, 9.17) is 9.97 Å². The van der Waals surface area contributed by atoms with Crippen molar-refractivity contribution in [1.29, 1.82) is 0 Å². The van der Waals surface area contributed by atoms with Gasteiger partial charge in [0.1, 0.15) is 0 Å². The number of hydrogen-bond donors (Lipinski definition) is 0. The fourth-order valence-corrected chi connectivity index (χ4v) is 7.07. The summed E-state index contributed by atoms with van der Waals surface area (Å²) in [4.78, 5) is 14.9. The number of aryl methyl sites for hydroxylation is 1. The second-order valence-electron chi connectivity index (χ2n) is 13.0. The molecule has 0 amide bonds. The minimum absolute atomic E-state index is 0.685. The molecule has 0 saturated heterocycles. The van der Waals surface area contributed by atoms with Crippen LogP contribution in [-0.2, 0) is 0 Å². The molecule has 0 spiro atoms. The van der Waals surface area contributed by atoms with Gasteiger partial charge >= 0.3 is 0 Å². The molecule has 0 N–H and O–H groups in total. The molecule has 0 aliphatic rings. The van der Waals surface area contributed by atoms with Crippen LogP contribution in [0.25, 0.3) is 88.8 Å². The minimum Gasteiger partial charge on any atom is -0.262 e. The third-order valence-corrected chi connectivity index (χ3v) is 9.56. The number of pyridine rings is 1. The molecular weight excluding hydrogens is 619 g/mol. The van der Waals surface area contributed by atoms with Crippen LogP contribution in [0.3, 0.4) is 0 Å². The smallest absolute Gasteiger partial charge is 0.160 e. The molecule has 9 aromatic rings. The van der Waals surface area contributed by atoms with Crippen molar-refractivity contribution in [1.82, 2.24) is 15.0 Å². The predicted molar refractivity (Wildman–Crippen MR) is 212 cm³/mol. The topological polar surface area (TPSA) is 38.7 Å². The summed E-state index contributed by atoms with van der Waals surface area (Å²) in [6.07, 6.45) is 1.88. The van der Waals surface area contributed by atoms with Crippen molar-refractivity contribution in [2.24, 2.45) is 0 Å². The highest BCUT2D eigenvalue weighted by molar-refractivity contribution is 6.14. The van der Waals surface area contributed by atoms with Crippen LogP contribution in [0, 0.1) is 6.92 Å². The van der Waals surface area contributed by atoms with Gasteiger partial charge in [-0.2, -0.15) is 0 Å². The lowest BCUT2D eigenvalue weighted by Gasteiger charge is -2.16. The molecular formula is C48H33N3. The number of benzene rings is 7. The highest BCUT2D eigenvalue weighted by Gasteiger charge is 2.16. The van der Waals surface area contributed by atoms with E-state index in [1.165, 1.54) is 27.1 Å². The molecule has 0 aliphatic carbocycles. The average molecular weight is 652 g/mol. The van der Waals surface area contributed by atoms with Gasteiger partial charge in [-0.05, 0) is 110 Å². The number of nitrogens with zero attached hydrogens (tertiary/aromatic N) is 3. The van der Waals surface area contributed by atoms with Gasteiger partial charge in [-0.3, -0.25) is 4.98 Å². The van der Waals surface area contributed by atoms with E-state index in [2.05, 4.69) is 169 Å². The van der Waals surface area contributed by atoms with E-state index < -0.39 is 0 Å². The monoisotopic (exact) mass is 651 g/mol. The van der Waals surface area contributed by atoms with E-state index in [1.54, 1.807) is 0 Å². The van der Waals surface area contributed by atoms with E-state index in [9.17, 15) is 0 Å². The van der Waals surface area contributed by atoms with E-state index in [1.807, 2.05) is 25.3 Å². The standard InChI is InChI=1S/C48H33N3/c1-32-25-37(23-24-49-32)35-18-12-19-36(26-35)39-27-40(45-30-38-17-8-9-20-42(38)43-21-10-11-22-44(43)45)29-41(28-39)48-50-46(33-13-4-2-5-14-33)31-47(51-48)34-15-6-3-7-16-34/h2-31H,1H3. The summed E-state index contributed by atoms with van der Waals surface area (Å²) in [5, 5.41) is 4.91. The van der Waals surface area contributed by atoms with Crippen molar-refractivity contribution in [3.05, 3.63) is 188 Å². The molecule has 3 heteroatoms. The Morgan fingerprint density at radius 1 is 0.353 bits per heavy atom. The lowest BCUT2D eigenvalue weighted by Crippen LogP contribution is -1.97. The fourth-order valence-electron chi connectivity index (χ4n) is 7.07. The Hall–Kier alpha value is -6.71. The van der Waals surface area contributed by atoms with Gasteiger partial charge in [-0.25, -0.2) is 9.97 Å². The van der Waals surface area contributed by atoms with Crippen LogP contribution in [-0.4, -0.2) is 15.0 Å².